The molecule has 1 aliphatic carbocycles. The molecular weight excluding hydrogens is 408 g/mol. The number of hydrogen-bond donors (Lipinski definition) is 1. The van der Waals surface area contributed by atoms with E-state index in [-0.39, 0.29) is 5.60 Å². The van der Waals surface area contributed by atoms with Crippen molar-refractivity contribution in [1.29, 1.82) is 5.26 Å². The van der Waals surface area contributed by atoms with Crippen LogP contribution in [-0.4, -0.2) is 47.3 Å². The third kappa shape index (κ3) is 3.14. The van der Waals surface area contributed by atoms with E-state index in [9.17, 15) is 0 Å². The quantitative estimate of drug-likeness (QED) is 0.791. The Kier molecular flexibility index (Phi) is 4.38. The van der Waals surface area contributed by atoms with Crippen molar-refractivity contribution in [2.24, 2.45) is 0 Å². The molecule has 27 heavy (non-hydrogen) atoms. The standard InChI is InChI=1S/C20H23BrN4O2/c21-18-16-8-15(9-22)27-17(16)10-23-19(18)24-13-2-4-14(5-3-13)25-11-20(12-25)6-1-7-26-20/h8,10,13-14H,1-7,11-12H2,(H,23,24). The Hall–Kier alpha value is -1.62. The van der Waals surface area contributed by atoms with Gasteiger partial charge in [0.1, 0.15) is 11.9 Å². The van der Waals surface area contributed by atoms with Crippen molar-refractivity contribution in [2.45, 2.75) is 56.2 Å². The van der Waals surface area contributed by atoms with Crippen LogP contribution in [0.5, 0.6) is 0 Å². The first-order valence-electron chi connectivity index (χ1n) is 9.78. The second-order valence-electron chi connectivity index (χ2n) is 8.11. The minimum absolute atomic E-state index is 0.201. The topological polar surface area (TPSA) is 74.3 Å². The predicted molar refractivity (Wildman–Crippen MR) is 106 cm³/mol. The second kappa shape index (κ2) is 6.77. The Labute approximate surface area is 167 Å². The van der Waals surface area contributed by atoms with Gasteiger partial charge in [0, 0.05) is 43.2 Å². The summed E-state index contributed by atoms with van der Waals surface area (Å²) in [6.45, 7) is 3.20. The monoisotopic (exact) mass is 430 g/mol. The molecule has 6 nitrogen and oxygen atoms in total. The highest BCUT2D eigenvalue weighted by molar-refractivity contribution is 9.10. The van der Waals surface area contributed by atoms with Gasteiger partial charge in [0.25, 0.3) is 0 Å². The first kappa shape index (κ1) is 17.5. The summed E-state index contributed by atoms with van der Waals surface area (Å²) in [6.07, 6.45) is 8.89. The number of ether oxygens (including phenoxy) is 1. The number of halogens is 1. The lowest BCUT2D eigenvalue weighted by atomic mass is 9.83. The fourth-order valence-corrected chi connectivity index (χ4v) is 5.40. The van der Waals surface area contributed by atoms with Gasteiger partial charge in [0.05, 0.1) is 16.3 Å². The summed E-state index contributed by atoms with van der Waals surface area (Å²) in [5.41, 5.74) is 0.833. The molecule has 0 radical (unpaired) electrons. The molecule has 0 unspecified atom stereocenters. The summed E-state index contributed by atoms with van der Waals surface area (Å²) in [5.74, 6) is 1.14. The number of pyridine rings is 1. The summed E-state index contributed by atoms with van der Waals surface area (Å²) < 4.78 is 12.3. The van der Waals surface area contributed by atoms with Crippen LogP contribution in [0.15, 0.2) is 21.2 Å². The number of rotatable bonds is 3. The van der Waals surface area contributed by atoms with Gasteiger partial charge >= 0.3 is 0 Å². The van der Waals surface area contributed by atoms with Gasteiger partial charge in [-0.05, 0) is 54.5 Å². The number of hydrogen-bond acceptors (Lipinski definition) is 6. The molecule has 2 aromatic rings. The Morgan fingerprint density at radius 1 is 1.30 bits per heavy atom. The third-order valence-electron chi connectivity index (χ3n) is 6.35. The number of nitrogens with one attached hydrogen (secondary N) is 1. The molecule has 0 atom stereocenters. The van der Waals surface area contributed by atoms with Crippen LogP contribution in [0.4, 0.5) is 5.82 Å². The smallest absolute Gasteiger partial charge is 0.204 e. The van der Waals surface area contributed by atoms with E-state index in [0.29, 0.717) is 23.4 Å². The first-order valence-corrected chi connectivity index (χ1v) is 10.6. The van der Waals surface area contributed by atoms with Crippen molar-refractivity contribution >= 4 is 32.7 Å². The normalized spacial score (nSPS) is 27.6. The number of fused-ring (bicyclic) bond motifs is 1. The molecular formula is C20H23BrN4O2. The van der Waals surface area contributed by atoms with Gasteiger partial charge in [-0.25, -0.2) is 4.98 Å². The van der Waals surface area contributed by atoms with Crippen LogP contribution in [0.2, 0.25) is 0 Å². The van der Waals surface area contributed by atoms with E-state index in [1.165, 1.54) is 25.7 Å². The summed E-state index contributed by atoms with van der Waals surface area (Å²) >= 11 is 3.62. The van der Waals surface area contributed by atoms with Crippen molar-refractivity contribution in [1.82, 2.24) is 9.88 Å². The van der Waals surface area contributed by atoms with E-state index in [4.69, 9.17) is 14.4 Å². The molecule has 4 heterocycles. The second-order valence-corrected chi connectivity index (χ2v) is 8.90. The molecule has 2 saturated heterocycles. The largest absolute Gasteiger partial charge is 0.444 e. The SMILES string of the molecule is N#Cc1cc2c(Br)c(NC3CCC(N4CC5(CCCO5)C4)CC3)ncc2o1. The van der Waals surface area contributed by atoms with Crippen LogP contribution < -0.4 is 5.32 Å². The lowest BCUT2D eigenvalue weighted by molar-refractivity contribution is -0.130. The molecule has 2 aliphatic heterocycles. The van der Waals surface area contributed by atoms with Gasteiger partial charge < -0.3 is 14.5 Å². The maximum atomic E-state index is 9.02. The summed E-state index contributed by atoms with van der Waals surface area (Å²) in [4.78, 5) is 7.11. The number of likely N-dealkylation sites (tertiary alicyclic amines) is 1. The molecule has 3 fully saturated rings. The Morgan fingerprint density at radius 3 is 2.81 bits per heavy atom. The van der Waals surface area contributed by atoms with Gasteiger partial charge in [0.15, 0.2) is 5.58 Å². The average Bonchev–Trinajstić information content (AvgIpc) is 3.31. The fourth-order valence-electron chi connectivity index (χ4n) is 4.87. The van der Waals surface area contributed by atoms with E-state index in [0.717, 1.165) is 48.2 Å². The van der Waals surface area contributed by atoms with E-state index >= 15 is 0 Å². The molecule has 0 amide bonds. The number of nitriles is 1. The van der Waals surface area contributed by atoms with Crippen LogP contribution in [0.1, 0.15) is 44.3 Å². The molecule has 5 rings (SSSR count). The predicted octanol–water partition coefficient (Wildman–Crippen LogP) is 4.05. The highest BCUT2D eigenvalue weighted by Gasteiger charge is 2.48. The van der Waals surface area contributed by atoms with Crippen molar-refractivity contribution in [2.75, 3.05) is 25.0 Å². The van der Waals surface area contributed by atoms with Crippen LogP contribution in [0.3, 0.4) is 0 Å². The number of anilines is 1. The summed E-state index contributed by atoms with van der Waals surface area (Å²) in [6, 6.07) is 4.93. The number of aromatic nitrogens is 1. The first-order chi connectivity index (χ1) is 13.2. The molecule has 142 valence electrons. The van der Waals surface area contributed by atoms with Crippen LogP contribution in [0.25, 0.3) is 11.0 Å². The van der Waals surface area contributed by atoms with E-state index in [1.807, 2.05) is 6.07 Å². The zero-order valence-corrected chi connectivity index (χ0v) is 16.8. The van der Waals surface area contributed by atoms with Gasteiger partial charge in [-0.15, -0.1) is 0 Å². The Bertz CT molecular complexity index is 883. The van der Waals surface area contributed by atoms with Crippen molar-refractivity contribution in [3.8, 4) is 6.07 Å². The van der Waals surface area contributed by atoms with Crippen molar-refractivity contribution in [3.63, 3.8) is 0 Å². The van der Waals surface area contributed by atoms with E-state index < -0.39 is 0 Å². The molecule has 2 aromatic heterocycles. The lowest BCUT2D eigenvalue weighted by Crippen LogP contribution is -2.64. The minimum atomic E-state index is 0.201. The molecule has 1 saturated carbocycles. The average molecular weight is 431 g/mol. The van der Waals surface area contributed by atoms with E-state index in [2.05, 4.69) is 31.1 Å². The fraction of sp³-hybridized carbons (Fsp3) is 0.600. The Morgan fingerprint density at radius 2 is 2.11 bits per heavy atom. The summed E-state index contributed by atoms with van der Waals surface area (Å²) in [7, 11) is 0. The molecule has 1 spiro atoms. The van der Waals surface area contributed by atoms with Gasteiger partial charge in [0.2, 0.25) is 5.76 Å². The van der Waals surface area contributed by atoms with Crippen LogP contribution in [-0.2, 0) is 4.74 Å². The Balaban J connectivity index is 1.19. The van der Waals surface area contributed by atoms with Crippen LogP contribution in [0, 0.1) is 11.3 Å². The number of furan rings is 1. The number of nitrogens with zero attached hydrogens (tertiary/aromatic N) is 3. The van der Waals surface area contributed by atoms with Crippen LogP contribution >= 0.6 is 15.9 Å². The zero-order valence-electron chi connectivity index (χ0n) is 15.2. The third-order valence-corrected chi connectivity index (χ3v) is 7.15. The van der Waals surface area contributed by atoms with Crippen molar-refractivity contribution in [3.05, 3.63) is 22.5 Å². The minimum Gasteiger partial charge on any atom is -0.444 e. The summed E-state index contributed by atoms with van der Waals surface area (Å²) in [5, 5.41) is 13.5. The molecule has 0 bridgehead atoms. The maximum absolute atomic E-state index is 9.02. The van der Waals surface area contributed by atoms with Gasteiger partial charge in [-0.2, -0.15) is 5.26 Å². The highest BCUT2D eigenvalue weighted by atomic mass is 79.9. The molecule has 3 aliphatic rings. The van der Waals surface area contributed by atoms with Gasteiger partial charge in [-0.3, -0.25) is 4.90 Å². The van der Waals surface area contributed by atoms with Crippen molar-refractivity contribution < 1.29 is 9.15 Å². The maximum Gasteiger partial charge on any atom is 0.204 e. The van der Waals surface area contributed by atoms with E-state index in [1.54, 1.807) is 12.3 Å². The molecule has 7 heteroatoms. The highest BCUT2D eigenvalue weighted by Crippen LogP contribution is 2.39. The van der Waals surface area contributed by atoms with Gasteiger partial charge in [-0.1, -0.05) is 0 Å². The molecule has 1 N–H and O–H groups in total. The zero-order chi connectivity index (χ0) is 18.4. The lowest BCUT2D eigenvalue weighted by Gasteiger charge is -2.52. The molecule has 0 aromatic carbocycles.